The van der Waals surface area contributed by atoms with Crippen molar-refractivity contribution < 1.29 is 33.8 Å². The zero-order valence-electron chi connectivity index (χ0n) is 27.7. The van der Waals surface area contributed by atoms with Crippen LogP contribution in [0.2, 0.25) is 5.02 Å². The van der Waals surface area contributed by atoms with Crippen LogP contribution in [0.1, 0.15) is 49.8 Å². The molecular formula is C37H43BrClN3O7. The zero-order valence-corrected chi connectivity index (χ0v) is 30.1. The number of nitrogens with one attached hydrogen (secondary N) is 1. The largest absolute Gasteiger partial charge is 0.455 e. The Labute approximate surface area is 300 Å². The van der Waals surface area contributed by atoms with Crippen molar-refractivity contribution in [1.29, 1.82) is 0 Å². The zero-order chi connectivity index (χ0) is 35.5. The van der Waals surface area contributed by atoms with Crippen LogP contribution in [0.3, 0.4) is 0 Å². The van der Waals surface area contributed by atoms with Crippen LogP contribution in [-0.4, -0.2) is 82.0 Å². The van der Waals surface area contributed by atoms with Crippen LogP contribution in [0.5, 0.6) is 0 Å². The van der Waals surface area contributed by atoms with Crippen LogP contribution in [-0.2, 0) is 28.7 Å². The minimum atomic E-state index is -1.35. The number of carbonyl (C=O) groups excluding carboxylic acids is 4. The van der Waals surface area contributed by atoms with Gasteiger partial charge in [0.25, 0.3) is 5.91 Å². The molecule has 3 fully saturated rings. The lowest BCUT2D eigenvalue weighted by atomic mass is 9.70. The van der Waals surface area contributed by atoms with Crippen molar-refractivity contribution in [3.8, 4) is 0 Å². The fraction of sp³-hybridized carbons (Fsp3) is 0.459. The number of ether oxygens (including phenoxy) is 2. The Kier molecular flexibility index (Phi) is 11.7. The first kappa shape index (κ1) is 36.8. The second-order valence-corrected chi connectivity index (χ2v) is 14.5. The van der Waals surface area contributed by atoms with E-state index in [0.29, 0.717) is 29.1 Å². The van der Waals surface area contributed by atoms with Crippen LogP contribution >= 0.6 is 27.5 Å². The van der Waals surface area contributed by atoms with Crippen LogP contribution in [0.4, 0.5) is 5.69 Å². The van der Waals surface area contributed by atoms with Gasteiger partial charge in [-0.1, -0.05) is 82.1 Å². The predicted octanol–water partition coefficient (Wildman–Crippen LogP) is 5.05. The second kappa shape index (κ2) is 15.6. The van der Waals surface area contributed by atoms with Crippen molar-refractivity contribution in [1.82, 2.24) is 10.2 Å². The van der Waals surface area contributed by atoms with Gasteiger partial charge in [0.05, 0.1) is 34.7 Å². The fourth-order valence-corrected chi connectivity index (χ4v) is 8.90. The van der Waals surface area contributed by atoms with E-state index in [9.17, 15) is 24.3 Å². The van der Waals surface area contributed by atoms with Crippen LogP contribution in [0.25, 0.3) is 0 Å². The van der Waals surface area contributed by atoms with Crippen molar-refractivity contribution in [2.45, 2.75) is 74.3 Å². The van der Waals surface area contributed by atoms with Crippen molar-refractivity contribution in [2.75, 3.05) is 24.6 Å². The molecule has 0 radical (unpaired) electrons. The summed E-state index contributed by atoms with van der Waals surface area (Å²) in [6.07, 6.45) is 2.89. The van der Waals surface area contributed by atoms with E-state index in [2.05, 4.69) is 34.4 Å². The van der Waals surface area contributed by atoms with E-state index >= 15 is 0 Å². The standard InChI is InChI=1S/C37H43BrClN3O7/c1-5-7-17-27(44)40-23(4)31(24-14-9-8-10-15-24)48-36(47)28-29-34(45)42(19-12-20-43)33(37(29)21-25(38)32(28)49-37)35(46)41(18-6-2)30-22(3)13-11-16-26(30)39/h5-6,8-11,13-16,23,25,28-29,31-33,43H,1-2,7,12,17-21H2,3-4H3,(H,40,44)/t23-,25?,28+,29-,31-,32+,33+,37-/m0/s1. The van der Waals surface area contributed by atoms with E-state index in [1.54, 1.807) is 31.2 Å². The van der Waals surface area contributed by atoms with E-state index in [1.165, 1.54) is 9.80 Å². The third-order valence-electron chi connectivity index (χ3n) is 9.68. The van der Waals surface area contributed by atoms with E-state index in [-0.39, 0.29) is 43.3 Å². The van der Waals surface area contributed by atoms with Gasteiger partial charge in [-0.25, -0.2) is 0 Å². The Hall–Kier alpha value is -3.51. The van der Waals surface area contributed by atoms with E-state index in [4.69, 9.17) is 21.1 Å². The fourth-order valence-electron chi connectivity index (χ4n) is 7.63. The molecule has 1 spiro atoms. The number of alkyl halides is 1. The number of aliphatic hydroxyl groups is 1. The van der Waals surface area contributed by atoms with E-state index in [0.717, 1.165) is 5.56 Å². The third kappa shape index (κ3) is 6.95. The summed E-state index contributed by atoms with van der Waals surface area (Å²) in [5.74, 6) is -3.75. The average Bonchev–Trinajstić information content (AvgIpc) is 3.67. The quantitative estimate of drug-likeness (QED) is 0.148. The highest BCUT2D eigenvalue weighted by molar-refractivity contribution is 9.09. The number of para-hydroxylation sites is 1. The number of allylic oxidation sites excluding steroid dienone is 1. The molecular weight excluding hydrogens is 714 g/mol. The molecule has 5 rings (SSSR count). The third-order valence-corrected chi connectivity index (χ3v) is 10.8. The predicted molar refractivity (Wildman–Crippen MR) is 190 cm³/mol. The van der Waals surface area contributed by atoms with Crippen LogP contribution < -0.4 is 10.2 Å². The van der Waals surface area contributed by atoms with Gasteiger partial charge in [0.1, 0.15) is 17.7 Å². The summed E-state index contributed by atoms with van der Waals surface area (Å²) in [6.45, 7) is 11.1. The van der Waals surface area contributed by atoms with Gasteiger partial charge in [0, 0.05) is 30.9 Å². The number of halogens is 2. The molecule has 3 amide bonds. The average molecular weight is 757 g/mol. The highest BCUT2D eigenvalue weighted by atomic mass is 79.9. The van der Waals surface area contributed by atoms with Gasteiger partial charge in [0.2, 0.25) is 11.8 Å². The summed E-state index contributed by atoms with van der Waals surface area (Å²) < 4.78 is 12.9. The number of anilines is 1. The number of fused-ring (bicyclic) bond motifs is 1. The maximum absolute atomic E-state index is 14.8. The van der Waals surface area contributed by atoms with Gasteiger partial charge >= 0.3 is 5.97 Å². The minimum Gasteiger partial charge on any atom is -0.455 e. The molecule has 8 atom stereocenters. The molecule has 1 unspecified atom stereocenters. The maximum Gasteiger partial charge on any atom is 0.313 e. The molecule has 0 aromatic heterocycles. The molecule has 2 aromatic rings. The number of rotatable bonds is 15. The smallest absolute Gasteiger partial charge is 0.313 e. The molecule has 3 aliphatic rings. The summed E-state index contributed by atoms with van der Waals surface area (Å²) in [5.41, 5.74) is 0.578. The normalized spacial score (nSPS) is 26.5. The molecule has 0 saturated carbocycles. The first-order chi connectivity index (χ1) is 23.5. The van der Waals surface area contributed by atoms with Gasteiger partial charge in [-0.15, -0.1) is 13.2 Å². The Morgan fingerprint density at radius 3 is 2.59 bits per heavy atom. The summed E-state index contributed by atoms with van der Waals surface area (Å²) >= 11 is 10.4. The number of amides is 3. The first-order valence-electron chi connectivity index (χ1n) is 16.6. The minimum absolute atomic E-state index is 0.0799. The number of benzene rings is 2. The lowest BCUT2D eigenvalue weighted by Crippen LogP contribution is -2.57. The summed E-state index contributed by atoms with van der Waals surface area (Å²) in [5, 5.41) is 13.1. The number of hydrogen-bond donors (Lipinski definition) is 2. The van der Waals surface area contributed by atoms with Crippen molar-refractivity contribution >= 4 is 56.9 Å². The molecule has 12 heteroatoms. The Bertz CT molecular complexity index is 1570. The molecule has 0 aliphatic carbocycles. The molecule has 262 valence electrons. The highest BCUT2D eigenvalue weighted by Gasteiger charge is 2.77. The molecule has 10 nitrogen and oxygen atoms in total. The summed E-state index contributed by atoms with van der Waals surface area (Å²) in [7, 11) is 0. The number of aliphatic hydroxyl groups excluding tert-OH is 1. The number of aryl methyl sites for hydroxylation is 1. The lowest BCUT2D eigenvalue weighted by Gasteiger charge is -2.37. The second-order valence-electron chi connectivity index (χ2n) is 12.9. The highest BCUT2D eigenvalue weighted by Crippen LogP contribution is 2.60. The Morgan fingerprint density at radius 1 is 1.20 bits per heavy atom. The van der Waals surface area contributed by atoms with Crippen LogP contribution in [0, 0.1) is 18.8 Å². The number of likely N-dealkylation sites (tertiary alicyclic amines) is 1. The van der Waals surface area contributed by atoms with Crippen molar-refractivity contribution in [3.63, 3.8) is 0 Å². The monoisotopic (exact) mass is 755 g/mol. The first-order valence-corrected chi connectivity index (χ1v) is 17.9. The topological polar surface area (TPSA) is 125 Å². The number of nitrogens with zero attached hydrogens (tertiary/aromatic N) is 2. The SMILES string of the molecule is C=CCCC(=O)N[C@@H](C)[C@H](OC(=O)[C@H]1[C@@H]2O[C@@]3(CC2Br)[C@@H]1C(=O)N(CCCO)[C@@H]3C(=O)N(CC=C)c1c(C)cccc1Cl)c1ccccc1. The van der Waals surface area contributed by atoms with E-state index < -0.39 is 59.5 Å². The molecule has 2 bridgehead atoms. The summed E-state index contributed by atoms with van der Waals surface area (Å²) in [6, 6.07) is 12.7. The number of hydrogen-bond acceptors (Lipinski definition) is 7. The number of carbonyl (C=O) groups is 4. The van der Waals surface area contributed by atoms with Gasteiger partial charge in [-0.05, 0) is 50.3 Å². The van der Waals surface area contributed by atoms with Crippen LogP contribution in [0.15, 0.2) is 73.8 Å². The molecule has 3 heterocycles. The molecule has 49 heavy (non-hydrogen) atoms. The summed E-state index contributed by atoms with van der Waals surface area (Å²) in [4.78, 5) is 58.9. The van der Waals surface area contributed by atoms with Gasteiger partial charge in [-0.3, -0.25) is 19.2 Å². The van der Waals surface area contributed by atoms with E-state index in [1.807, 2.05) is 43.3 Å². The maximum atomic E-state index is 14.8. The lowest BCUT2D eigenvalue weighted by molar-refractivity contribution is -0.162. The molecule has 2 N–H and O–H groups in total. The Morgan fingerprint density at radius 2 is 1.94 bits per heavy atom. The molecule has 2 aromatic carbocycles. The van der Waals surface area contributed by atoms with Gasteiger partial charge in [-0.2, -0.15) is 0 Å². The molecule has 3 aliphatic heterocycles. The molecule has 3 saturated heterocycles. The number of esters is 1. The van der Waals surface area contributed by atoms with Gasteiger partial charge < -0.3 is 29.7 Å². The van der Waals surface area contributed by atoms with Crippen molar-refractivity contribution in [3.05, 3.63) is 90.0 Å². The Balaban J connectivity index is 1.51. The van der Waals surface area contributed by atoms with Gasteiger partial charge in [0.15, 0.2) is 0 Å². The van der Waals surface area contributed by atoms with Crippen molar-refractivity contribution in [2.24, 2.45) is 11.8 Å².